The molecule has 0 N–H and O–H groups in total. The van der Waals surface area contributed by atoms with Crippen molar-refractivity contribution >= 4 is 41.1 Å². The minimum atomic E-state index is -5.17. The fourth-order valence-corrected chi connectivity index (χ4v) is 2.82. The molecule has 0 bridgehead atoms. The highest BCUT2D eigenvalue weighted by molar-refractivity contribution is 6.37. The lowest BCUT2D eigenvalue weighted by Gasteiger charge is -2.33. The minimum absolute atomic E-state index is 0.00277. The molecule has 2 rings (SSSR count). The van der Waals surface area contributed by atoms with Gasteiger partial charge in [-0.3, -0.25) is 0 Å². The molecule has 0 aromatic heterocycles. The number of esters is 1. The van der Waals surface area contributed by atoms with Gasteiger partial charge in [0.15, 0.2) is 0 Å². The molecule has 1 unspecified atom stereocenters. The molecule has 11 heteroatoms. The molecular weight excluding hydrogens is 410 g/mol. The van der Waals surface area contributed by atoms with Gasteiger partial charge in [0.2, 0.25) is 5.90 Å². The molecule has 0 radical (unpaired) electrons. The molecule has 1 aromatic carbocycles. The quantitative estimate of drug-likeness (QED) is 0.686. The Kier molecular flexibility index (Phi) is 6.26. The molecule has 27 heavy (non-hydrogen) atoms. The standard InChI is InChI=1S/C16H16Cl2F3N3O3/c1-4-24(5-2)14-23-15(13(25)26-3,16(19,20)21)22-12(27-14)10-7-6-9(17)8-11(10)18/h6-8H,4-5H2,1-3H3. The normalized spacial score (nSPS) is 19.7. The number of benzene rings is 1. The first-order valence-electron chi connectivity index (χ1n) is 7.82. The summed E-state index contributed by atoms with van der Waals surface area (Å²) < 4.78 is 51.5. The van der Waals surface area contributed by atoms with Crippen LogP contribution < -0.4 is 0 Å². The second-order valence-electron chi connectivity index (χ2n) is 5.37. The maximum atomic E-state index is 13.9. The molecule has 0 aliphatic carbocycles. The topological polar surface area (TPSA) is 63.5 Å². The number of aliphatic imine (C=N–C) groups is 2. The highest BCUT2D eigenvalue weighted by Gasteiger charge is 2.65. The summed E-state index contributed by atoms with van der Waals surface area (Å²) >= 11 is 11.9. The molecule has 0 amide bonds. The highest BCUT2D eigenvalue weighted by atomic mass is 35.5. The Morgan fingerprint density at radius 2 is 1.89 bits per heavy atom. The molecular formula is C16H16Cl2F3N3O3. The van der Waals surface area contributed by atoms with Crippen molar-refractivity contribution in [3.05, 3.63) is 33.8 Å². The van der Waals surface area contributed by atoms with Crippen molar-refractivity contribution < 1.29 is 27.4 Å². The summed E-state index contributed by atoms with van der Waals surface area (Å²) in [5.74, 6) is -2.21. The number of rotatable bonds is 4. The van der Waals surface area contributed by atoms with Gasteiger partial charge in [-0.25, -0.2) is 4.79 Å². The van der Waals surface area contributed by atoms with Crippen LogP contribution >= 0.6 is 23.2 Å². The third kappa shape index (κ3) is 3.98. The number of halogens is 5. The number of carbonyl (C=O) groups excluding carboxylic acids is 1. The van der Waals surface area contributed by atoms with E-state index < -0.39 is 29.7 Å². The van der Waals surface area contributed by atoms with Crippen molar-refractivity contribution in [2.24, 2.45) is 9.98 Å². The Morgan fingerprint density at radius 1 is 1.26 bits per heavy atom. The van der Waals surface area contributed by atoms with E-state index >= 15 is 0 Å². The van der Waals surface area contributed by atoms with E-state index in [0.29, 0.717) is 0 Å². The molecule has 1 aliphatic heterocycles. The van der Waals surface area contributed by atoms with Crippen LogP contribution in [0.25, 0.3) is 0 Å². The minimum Gasteiger partial charge on any atom is -0.465 e. The molecule has 1 atom stereocenters. The van der Waals surface area contributed by atoms with Gasteiger partial charge >= 0.3 is 17.8 Å². The number of nitrogens with zero attached hydrogens (tertiary/aromatic N) is 3. The Hall–Kier alpha value is -2.00. The first-order chi connectivity index (χ1) is 12.6. The molecule has 1 heterocycles. The summed E-state index contributed by atoms with van der Waals surface area (Å²) in [7, 11) is 0.822. The van der Waals surface area contributed by atoms with E-state index in [1.807, 2.05) is 0 Å². The number of hydrogen-bond donors (Lipinski definition) is 0. The van der Waals surface area contributed by atoms with Gasteiger partial charge in [-0.15, -0.1) is 0 Å². The number of amidine groups is 1. The van der Waals surface area contributed by atoms with Crippen LogP contribution in [-0.2, 0) is 14.3 Å². The summed E-state index contributed by atoms with van der Waals surface area (Å²) in [6.07, 6.45) is -5.17. The van der Waals surface area contributed by atoms with Gasteiger partial charge in [-0.2, -0.15) is 23.2 Å². The summed E-state index contributed by atoms with van der Waals surface area (Å²) in [5, 5.41) is 0.274. The third-order valence-corrected chi connectivity index (χ3v) is 4.32. The van der Waals surface area contributed by atoms with Crippen molar-refractivity contribution in [3.8, 4) is 0 Å². The number of carbonyl (C=O) groups is 1. The largest absolute Gasteiger partial charge is 0.465 e. The maximum Gasteiger partial charge on any atom is 0.446 e. The molecule has 6 nitrogen and oxygen atoms in total. The second-order valence-corrected chi connectivity index (χ2v) is 6.22. The molecule has 1 aromatic rings. The van der Waals surface area contributed by atoms with Gasteiger partial charge in [-0.1, -0.05) is 23.2 Å². The van der Waals surface area contributed by atoms with E-state index in [1.165, 1.54) is 23.1 Å². The van der Waals surface area contributed by atoms with E-state index in [0.717, 1.165) is 7.11 Å². The van der Waals surface area contributed by atoms with Crippen LogP contribution in [0.4, 0.5) is 13.2 Å². The van der Waals surface area contributed by atoms with Gasteiger partial charge in [-0.05, 0) is 32.0 Å². The van der Waals surface area contributed by atoms with Gasteiger partial charge < -0.3 is 14.4 Å². The number of ether oxygens (including phenoxy) is 2. The zero-order valence-corrected chi connectivity index (χ0v) is 16.1. The van der Waals surface area contributed by atoms with E-state index in [2.05, 4.69) is 14.7 Å². The molecule has 1 aliphatic rings. The molecule has 0 saturated heterocycles. The van der Waals surface area contributed by atoms with Gasteiger partial charge in [0.05, 0.1) is 17.7 Å². The summed E-state index contributed by atoms with van der Waals surface area (Å²) in [4.78, 5) is 20.5. The summed E-state index contributed by atoms with van der Waals surface area (Å²) in [5.41, 5.74) is -3.48. The second kappa shape index (κ2) is 7.93. The zero-order chi connectivity index (χ0) is 20.4. The van der Waals surface area contributed by atoms with Crippen LogP contribution in [0.2, 0.25) is 10.0 Å². The van der Waals surface area contributed by atoms with Crippen molar-refractivity contribution in [1.82, 2.24) is 4.90 Å². The fourth-order valence-electron chi connectivity index (χ4n) is 2.33. The van der Waals surface area contributed by atoms with Crippen molar-refractivity contribution in [2.75, 3.05) is 20.2 Å². The van der Waals surface area contributed by atoms with E-state index in [1.54, 1.807) is 13.8 Å². The van der Waals surface area contributed by atoms with Gasteiger partial charge in [0.25, 0.3) is 6.02 Å². The maximum absolute atomic E-state index is 13.9. The van der Waals surface area contributed by atoms with Crippen LogP contribution in [-0.4, -0.2) is 54.8 Å². The van der Waals surface area contributed by atoms with Gasteiger partial charge in [0, 0.05) is 18.1 Å². The third-order valence-electron chi connectivity index (χ3n) is 3.77. The Balaban J connectivity index is 2.74. The van der Waals surface area contributed by atoms with Crippen LogP contribution in [0, 0.1) is 0 Å². The van der Waals surface area contributed by atoms with Crippen LogP contribution in [0.15, 0.2) is 28.2 Å². The van der Waals surface area contributed by atoms with Crippen LogP contribution in [0.5, 0.6) is 0 Å². The lowest BCUT2D eigenvalue weighted by molar-refractivity contribution is -0.202. The van der Waals surface area contributed by atoms with Crippen molar-refractivity contribution in [3.63, 3.8) is 0 Å². The number of hydrogen-bond acceptors (Lipinski definition) is 6. The predicted molar refractivity (Wildman–Crippen MR) is 95.2 cm³/mol. The summed E-state index contributed by atoms with van der Waals surface area (Å²) in [6, 6.07) is 3.65. The SMILES string of the molecule is CCN(CC)C1=NC(C(=O)OC)(C(F)(F)F)N=C(c2ccc(Cl)cc2Cl)O1. The molecule has 0 fully saturated rings. The monoisotopic (exact) mass is 425 g/mol. The Morgan fingerprint density at radius 3 is 2.37 bits per heavy atom. The lowest BCUT2D eigenvalue weighted by atomic mass is 10.1. The van der Waals surface area contributed by atoms with Crippen LogP contribution in [0.3, 0.4) is 0 Å². The van der Waals surface area contributed by atoms with Crippen molar-refractivity contribution in [2.45, 2.75) is 25.7 Å². The van der Waals surface area contributed by atoms with E-state index in [-0.39, 0.29) is 28.7 Å². The highest BCUT2D eigenvalue weighted by Crippen LogP contribution is 2.39. The van der Waals surface area contributed by atoms with E-state index in [4.69, 9.17) is 27.9 Å². The predicted octanol–water partition coefficient (Wildman–Crippen LogP) is 3.90. The molecule has 0 saturated carbocycles. The average molecular weight is 426 g/mol. The average Bonchev–Trinajstić information content (AvgIpc) is 2.60. The number of methoxy groups -OCH3 is 1. The molecule has 0 spiro atoms. The van der Waals surface area contributed by atoms with Crippen LogP contribution in [0.1, 0.15) is 19.4 Å². The summed E-state index contributed by atoms with van der Waals surface area (Å²) in [6.45, 7) is 3.96. The molecule has 148 valence electrons. The van der Waals surface area contributed by atoms with Crippen molar-refractivity contribution in [1.29, 1.82) is 0 Å². The first-order valence-corrected chi connectivity index (χ1v) is 8.58. The number of alkyl halides is 3. The smallest absolute Gasteiger partial charge is 0.446 e. The fraction of sp³-hybridized carbons (Fsp3) is 0.438. The van der Waals surface area contributed by atoms with Gasteiger partial charge in [0.1, 0.15) is 0 Å². The zero-order valence-electron chi connectivity index (χ0n) is 14.6. The Labute approximate surface area is 163 Å². The van der Waals surface area contributed by atoms with E-state index in [9.17, 15) is 18.0 Å². The Bertz CT molecular complexity index is 795. The first kappa shape index (κ1) is 21.3. The lowest BCUT2D eigenvalue weighted by Crippen LogP contribution is -2.55.